The molecule has 2 aromatic rings. The summed E-state index contributed by atoms with van der Waals surface area (Å²) in [5.74, 6) is -1.13. The summed E-state index contributed by atoms with van der Waals surface area (Å²) in [5, 5.41) is 12.6. The van der Waals surface area contributed by atoms with Gasteiger partial charge in [0.15, 0.2) is 0 Å². The van der Waals surface area contributed by atoms with Crippen molar-refractivity contribution in [3.05, 3.63) is 58.1 Å². The van der Waals surface area contributed by atoms with E-state index in [1.54, 1.807) is 16.7 Å². The first kappa shape index (κ1) is 21.1. The third-order valence-corrected chi connectivity index (χ3v) is 5.37. The first-order valence-corrected chi connectivity index (χ1v) is 9.62. The Hall–Kier alpha value is -2.58. The Labute approximate surface area is 173 Å². The van der Waals surface area contributed by atoms with Crippen LogP contribution in [0.25, 0.3) is 0 Å². The molecule has 0 spiro atoms. The summed E-state index contributed by atoms with van der Waals surface area (Å²) in [6, 6.07) is 6.20. The van der Waals surface area contributed by atoms with Gasteiger partial charge in [-0.1, -0.05) is 37.6 Å². The van der Waals surface area contributed by atoms with Crippen LogP contribution in [0.1, 0.15) is 41.5 Å². The minimum atomic E-state index is -0.744. The van der Waals surface area contributed by atoms with Crippen LogP contribution in [-0.2, 0) is 6.54 Å². The zero-order chi connectivity index (χ0) is 21.3. The molecule has 1 aromatic carbocycles. The summed E-state index contributed by atoms with van der Waals surface area (Å²) in [6.45, 7) is 4.47. The van der Waals surface area contributed by atoms with E-state index < -0.39 is 23.2 Å². The Morgan fingerprint density at radius 3 is 2.69 bits per heavy atom. The molecule has 1 atom stereocenters. The van der Waals surface area contributed by atoms with E-state index in [0.29, 0.717) is 29.5 Å². The van der Waals surface area contributed by atoms with E-state index in [4.69, 9.17) is 17.3 Å². The zero-order valence-electron chi connectivity index (χ0n) is 16.3. The molecule has 1 aliphatic rings. The number of amides is 3. The van der Waals surface area contributed by atoms with E-state index >= 15 is 0 Å². The molecule has 0 bridgehead atoms. The maximum atomic E-state index is 14.0. The van der Waals surface area contributed by atoms with E-state index in [9.17, 15) is 19.1 Å². The first-order chi connectivity index (χ1) is 13.6. The van der Waals surface area contributed by atoms with Crippen LogP contribution in [0.5, 0.6) is 0 Å². The van der Waals surface area contributed by atoms with Crippen LogP contribution in [0.3, 0.4) is 0 Å². The van der Waals surface area contributed by atoms with Crippen LogP contribution < -0.4 is 11.1 Å². The number of aromatic nitrogens is 1. The topological polar surface area (TPSA) is 101 Å². The number of hydrogen-bond donors (Lipinski definition) is 3. The lowest BCUT2D eigenvalue weighted by atomic mass is 9.95. The fourth-order valence-corrected chi connectivity index (χ4v) is 3.73. The first-order valence-electron chi connectivity index (χ1n) is 9.24. The number of nitrogens with one attached hydrogen (secondary N) is 1. The zero-order valence-corrected chi connectivity index (χ0v) is 17.0. The minimum absolute atomic E-state index is 0.0924. The van der Waals surface area contributed by atoms with Gasteiger partial charge in [-0.15, -0.1) is 0 Å². The molecular weight excluding hydrogens is 399 g/mol. The van der Waals surface area contributed by atoms with Crippen LogP contribution in [0.4, 0.5) is 9.18 Å². The Morgan fingerprint density at radius 2 is 2.07 bits per heavy atom. The van der Waals surface area contributed by atoms with Gasteiger partial charge in [0.05, 0.1) is 11.3 Å². The fourth-order valence-electron chi connectivity index (χ4n) is 3.44. The van der Waals surface area contributed by atoms with E-state index in [-0.39, 0.29) is 24.7 Å². The molecule has 156 valence electrons. The maximum Gasteiger partial charge on any atom is 0.318 e. The summed E-state index contributed by atoms with van der Waals surface area (Å²) >= 11 is 6.29. The summed E-state index contributed by atoms with van der Waals surface area (Å²) in [6.07, 6.45) is 0. The van der Waals surface area contributed by atoms with Crippen molar-refractivity contribution in [2.75, 3.05) is 19.7 Å². The SMILES string of the molecule is CC(C)(CO)CNC(=O)N1CCn2c(Cl)cc(C(N)=O)c2C1c1cccc(F)c1. The number of benzene rings is 1. The number of hydrogen-bond acceptors (Lipinski definition) is 3. The van der Waals surface area contributed by atoms with Crippen molar-refractivity contribution in [1.82, 2.24) is 14.8 Å². The average molecular weight is 423 g/mol. The highest BCUT2D eigenvalue weighted by Gasteiger charge is 2.37. The molecule has 0 aliphatic carbocycles. The van der Waals surface area contributed by atoms with Crippen LogP contribution in [0.2, 0.25) is 5.15 Å². The van der Waals surface area contributed by atoms with Gasteiger partial charge in [0.2, 0.25) is 0 Å². The molecular formula is C20H24ClFN4O3. The molecule has 0 radical (unpaired) electrons. The van der Waals surface area contributed by atoms with E-state index in [1.807, 2.05) is 13.8 Å². The number of nitrogens with zero attached hydrogens (tertiary/aromatic N) is 2. The number of carbonyl (C=O) groups excluding carboxylic acids is 2. The molecule has 0 saturated carbocycles. The second kappa shape index (κ2) is 8.04. The van der Waals surface area contributed by atoms with Gasteiger partial charge in [-0.05, 0) is 23.8 Å². The Bertz CT molecular complexity index is 944. The number of aliphatic hydroxyl groups is 1. The van der Waals surface area contributed by atoms with Gasteiger partial charge in [0.25, 0.3) is 5.91 Å². The predicted octanol–water partition coefficient (Wildman–Crippen LogP) is 2.51. The number of rotatable bonds is 5. The van der Waals surface area contributed by atoms with Gasteiger partial charge in [0.1, 0.15) is 17.0 Å². The molecule has 9 heteroatoms. The number of aliphatic hydroxyl groups excluding tert-OH is 1. The second-order valence-electron chi connectivity index (χ2n) is 7.91. The molecule has 0 fully saturated rings. The van der Waals surface area contributed by atoms with Crippen LogP contribution >= 0.6 is 11.6 Å². The summed E-state index contributed by atoms with van der Waals surface area (Å²) < 4.78 is 15.7. The van der Waals surface area contributed by atoms with Crippen LogP contribution in [-0.4, -0.2) is 46.2 Å². The monoisotopic (exact) mass is 422 g/mol. The standard InChI is InChI=1S/C20H24ClFN4O3/c1-20(2,11-27)10-24-19(29)26-7-6-25-15(21)9-14(18(23)28)17(25)16(26)12-4-3-5-13(22)8-12/h3-5,8-9,16,27H,6-7,10-11H2,1-2H3,(H2,23,28)(H,24,29). The third-order valence-electron chi connectivity index (χ3n) is 5.06. The number of nitrogens with two attached hydrogens (primary N) is 1. The van der Waals surface area contributed by atoms with Crippen molar-refractivity contribution in [3.8, 4) is 0 Å². The molecule has 4 N–H and O–H groups in total. The van der Waals surface area contributed by atoms with Gasteiger partial charge in [-0.2, -0.15) is 0 Å². The summed E-state index contributed by atoms with van der Waals surface area (Å²) in [7, 11) is 0. The molecule has 7 nitrogen and oxygen atoms in total. The Balaban J connectivity index is 2.05. The van der Waals surface area contributed by atoms with Crippen molar-refractivity contribution in [3.63, 3.8) is 0 Å². The fraction of sp³-hybridized carbons (Fsp3) is 0.400. The number of urea groups is 1. The Morgan fingerprint density at radius 1 is 1.34 bits per heavy atom. The van der Waals surface area contributed by atoms with Crippen molar-refractivity contribution < 1.29 is 19.1 Å². The highest BCUT2D eigenvalue weighted by molar-refractivity contribution is 6.30. The van der Waals surface area contributed by atoms with Crippen LogP contribution in [0, 0.1) is 11.2 Å². The van der Waals surface area contributed by atoms with Crippen molar-refractivity contribution >= 4 is 23.5 Å². The van der Waals surface area contributed by atoms with E-state index in [2.05, 4.69) is 5.32 Å². The molecule has 2 heterocycles. The Kier molecular flexibility index (Phi) is 5.86. The van der Waals surface area contributed by atoms with Gasteiger partial charge < -0.3 is 25.6 Å². The van der Waals surface area contributed by atoms with Crippen molar-refractivity contribution in [1.29, 1.82) is 0 Å². The number of carbonyl (C=O) groups is 2. The minimum Gasteiger partial charge on any atom is -0.396 e. The van der Waals surface area contributed by atoms with Gasteiger partial charge in [-0.3, -0.25) is 4.79 Å². The van der Waals surface area contributed by atoms with Crippen LogP contribution in [0.15, 0.2) is 30.3 Å². The third kappa shape index (κ3) is 4.23. The lowest BCUT2D eigenvalue weighted by Crippen LogP contribution is -2.50. The molecule has 1 aliphatic heterocycles. The van der Waals surface area contributed by atoms with Gasteiger partial charge in [0, 0.05) is 31.7 Å². The molecule has 3 amide bonds. The van der Waals surface area contributed by atoms with E-state index in [1.165, 1.54) is 23.1 Å². The summed E-state index contributed by atoms with van der Waals surface area (Å²) in [5.41, 5.74) is 6.19. The molecule has 29 heavy (non-hydrogen) atoms. The quantitative estimate of drug-likeness (QED) is 0.690. The highest BCUT2D eigenvalue weighted by atomic mass is 35.5. The number of primary amides is 1. The highest BCUT2D eigenvalue weighted by Crippen LogP contribution is 2.37. The smallest absolute Gasteiger partial charge is 0.318 e. The average Bonchev–Trinajstić information content (AvgIpc) is 3.02. The largest absolute Gasteiger partial charge is 0.396 e. The lowest BCUT2D eigenvalue weighted by Gasteiger charge is -2.38. The second-order valence-corrected chi connectivity index (χ2v) is 8.30. The van der Waals surface area contributed by atoms with Gasteiger partial charge >= 0.3 is 6.03 Å². The van der Waals surface area contributed by atoms with Crippen molar-refractivity contribution in [2.45, 2.75) is 26.4 Å². The van der Waals surface area contributed by atoms with E-state index in [0.717, 1.165) is 0 Å². The maximum absolute atomic E-state index is 14.0. The predicted molar refractivity (Wildman–Crippen MR) is 107 cm³/mol. The van der Waals surface area contributed by atoms with Gasteiger partial charge in [-0.25, -0.2) is 9.18 Å². The molecule has 3 rings (SSSR count). The summed E-state index contributed by atoms with van der Waals surface area (Å²) in [4.78, 5) is 26.6. The molecule has 1 aromatic heterocycles. The number of halogens is 2. The lowest BCUT2D eigenvalue weighted by molar-refractivity contribution is 0.0994. The number of fused-ring (bicyclic) bond motifs is 1. The van der Waals surface area contributed by atoms with Crippen molar-refractivity contribution in [2.24, 2.45) is 11.1 Å². The molecule has 1 unspecified atom stereocenters. The normalized spacial score (nSPS) is 16.4. The molecule has 0 saturated heterocycles.